The number of rotatable bonds is 2. The van der Waals surface area contributed by atoms with Gasteiger partial charge in [0.25, 0.3) is 0 Å². The minimum Gasteiger partial charge on any atom is -0.313 e. The first kappa shape index (κ1) is 7.79. The summed E-state index contributed by atoms with van der Waals surface area (Å²) in [5, 5.41) is 4.06. The fourth-order valence-electron chi connectivity index (χ4n) is 0.912. The zero-order chi connectivity index (χ0) is 8.10. The summed E-state index contributed by atoms with van der Waals surface area (Å²) in [5.74, 6) is 0. The summed E-state index contributed by atoms with van der Waals surface area (Å²) in [6.45, 7) is 1.98. The lowest BCUT2D eigenvalue weighted by Crippen LogP contribution is -2.02. The largest absolute Gasteiger partial charge is 0.313 e. The first-order valence-electron chi connectivity index (χ1n) is 3.61. The van der Waals surface area contributed by atoms with E-state index in [1.807, 2.05) is 37.3 Å². The van der Waals surface area contributed by atoms with Crippen molar-refractivity contribution in [3.63, 3.8) is 0 Å². The van der Waals surface area contributed by atoms with Crippen LogP contribution in [-0.4, -0.2) is 12.8 Å². The molecule has 0 aliphatic rings. The smallest absolute Gasteiger partial charge is 0.0644 e. The van der Waals surface area contributed by atoms with Crippen LogP contribution in [0.2, 0.25) is 0 Å². The Labute approximate surface area is 66.9 Å². The highest BCUT2D eigenvalue weighted by molar-refractivity contribution is 5.98. The number of benzene rings is 1. The van der Waals surface area contributed by atoms with E-state index >= 15 is 0 Å². The van der Waals surface area contributed by atoms with Gasteiger partial charge in [0.15, 0.2) is 0 Å². The number of nitrogens with zero attached hydrogens (tertiary/aromatic N) is 1. The van der Waals surface area contributed by atoms with Crippen molar-refractivity contribution in [1.29, 1.82) is 0 Å². The van der Waals surface area contributed by atoms with Crippen LogP contribution in [0.4, 0.5) is 0 Å². The van der Waals surface area contributed by atoms with Gasteiger partial charge in [0, 0.05) is 7.05 Å². The molecule has 1 N–H and O–H groups in total. The Kier molecular flexibility index (Phi) is 2.66. The lowest BCUT2D eigenvalue weighted by Gasteiger charge is -1.98. The summed E-state index contributed by atoms with van der Waals surface area (Å²) in [6.07, 6.45) is 0. The standard InChI is InChI=1S/C9H12N2/c1-8(11-10-2)9-6-4-3-5-7-9/h3-7,10H,1-2H3. The van der Waals surface area contributed by atoms with E-state index in [0.717, 1.165) is 11.3 Å². The summed E-state index contributed by atoms with van der Waals surface area (Å²) >= 11 is 0. The molecular weight excluding hydrogens is 136 g/mol. The van der Waals surface area contributed by atoms with Crippen LogP contribution in [0.5, 0.6) is 0 Å². The third-order valence-electron chi connectivity index (χ3n) is 1.47. The second-order valence-electron chi connectivity index (χ2n) is 2.29. The minimum atomic E-state index is 1.01. The molecule has 0 spiro atoms. The van der Waals surface area contributed by atoms with Crippen molar-refractivity contribution in [3.8, 4) is 0 Å². The van der Waals surface area contributed by atoms with Gasteiger partial charge >= 0.3 is 0 Å². The Balaban J connectivity index is 2.85. The van der Waals surface area contributed by atoms with Crippen LogP contribution in [-0.2, 0) is 0 Å². The number of hydrogen-bond acceptors (Lipinski definition) is 2. The number of hydrogen-bond donors (Lipinski definition) is 1. The second-order valence-corrected chi connectivity index (χ2v) is 2.29. The van der Waals surface area contributed by atoms with E-state index in [-0.39, 0.29) is 0 Å². The van der Waals surface area contributed by atoms with E-state index in [9.17, 15) is 0 Å². The number of nitrogens with one attached hydrogen (secondary N) is 1. The fraction of sp³-hybridized carbons (Fsp3) is 0.222. The maximum Gasteiger partial charge on any atom is 0.0644 e. The van der Waals surface area contributed by atoms with Crippen LogP contribution < -0.4 is 5.43 Å². The first-order chi connectivity index (χ1) is 5.34. The zero-order valence-electron chi connectivity index (χ0n) is 6.83. The van der Waals surface area contributed by atoms with Gasteiger partial charge in [-0.15, -0.1) is 0 Å². The second kappa shape index (κ2) is 3.76. The van der Waals surface area contributed by atoms with Gasteiger partial charge in [-0.05, 0) is 12.5 Å². The molecule has 0 unspecified atom stereocenters. The normalized spacial score (nSPS) is 11.3. The summed E-state index contributed by atoms with van der Waals surface area (Å²) in [4.78, 5) is 0. The lowest BCUT2D eigenvalue weighted by atomic mass is 10.1. The lowest BCUT2D eigenvalue weighted by molar-refractivity contribution is 0.900. The molecule has 0 saturated carbocycles. The van der Waals surface area contributed by atoms with Crippen LogP contribution in [0, 0.1) is 0 Å². The molecule has 1 rings (SSSR count). The Bertz CT molecular complexity index is 239. The van der Waals surface area contributed by atoms with Gasteiger partial charge in [0.05, 0.1) is 5.71 Å². The molecule has 11 heavy (non-hydrogen) atoms. The van der Waals surface area contributed by atoms with Crippen molar-refractivity contribution >= 4 is 5.71 Å². The third kappa shape index (κ3) is 2.08. The maximum absolute atomic E-state index is 4.06. The van der Waals surface area contributed by atoms with Crippen LogP contribution >= 0.6 is 0 Å². The van der Waals surface area contributed by atoms with Crippen LogP contribution in [0.25, 0.3) is 0 Å². The van der Waals surface area contributed by atoms with Gasteiger partial charge in [0.1, 0.15) is 0 Å². The third-order valence-corrected chi connectivity index (χ3v) is 1.47. The molecule has 0 radical (unpaired) electrons. The molecule has 58 valence electrons. The van der Waals surface area contributed by atoms with Gasteiger partial charge < -0.3 is 5.43 Å². The van der Waals surface area contributed by atoms with Crippen molar-refractivity contribution in [2.45, 2.75) is 6.92 Å². The Morgan fingerprint density at radius 3 is 2.45 bits per heavy atom. The molecule has 1 aromatic rings. The summed E-state index contributed by atoms with van der Waals surface area (Å²) in [6, 6.07) is 10.1. The predicted octanol–water partition coefficient (Wildman–Crippen LogP) is 1.63. The zero-order valence-corrected chi connectivity index (χ0v) is 6.83. The van der Waals surface area contributed by atoms with Gasteiger partial charge in [0.2, 0.25) is 0 Å². The molecule has 0 saturated heterocycles. The van der Waals surface area contributed by atoms with Crippen molar-refractivity contribution < 1.29 is 0 Å². The summed E-state index contributed by atoms with van der Waals surface area (Å²) in [7, 11) is 1.80. The topological polar surface area (TPSA) is 24.4 Å². The quantitative estimate of drug-likeness (QED) is 0.500. The first-order valence-corrected chi connectivity index (χ1v) is 3.61. The Morgan fingerprint density at radius 2 is 1.91 bits per heavy atom. The maximum atomic E-state index is 4.06. The van der Waals surface area contributed by atoms with E-state index in [1.54, 1.807) is 7.05 Å². The summed E-state index contributed by atoms with van der Waals surface area (Å²) in [5.41, 5.74) is 4.92. The van der Waals surface area contributed by atoms with Gasteiger partial charge in [-0.25, -0.2) is 0 Å². The van der Waals surface area contributed by atoms with Crippen LogP contribution in [0.15, 0.2) is 35.4 Å². The van der Waals surface area contributed by atoms with E-state index in [1.165, 1.54) is 0 Å². The Morgan fingerprint density at radius 1 is 1.27 bits per heavy atom. The average molecular weight is 148 g/mol. The van der Waals surface area contributed by atoms with E-state index in [4.69, 9.17) is 0 Å². The molecule has 0 atom stereocenters. The van der Waals surface area contributed by atoms with Gasteiger partial charge in [-0.2, -0.15) is 5.10 Å². The monoisotopic (exact) mass is 148 g/mol. The SMILES string of the molecule is CNN=C(C)c1ccccc1. The van der Waals surface area contributed by atoms with Crippen LogP contribution in [0.3, 0.4) is 0 Å². The molecule has 0 aromatic heterocycles. The number of hydrazone groups is 1. The highest BCUT2D eigenvalue weighted by Crippen LogP contribution is 1.99. The molecule has 0 bridgehead atoms. The van der Waals surface area contributed by atoms with E-state index in [0.29, 0.717) is 0 Å². The molecule has 0 fully saturated rings. The molecule has 0 amide bonds. The molecule has 1 aromatic carbocycles. The Hall–Kier alpha value is -1.31. The van der Waals surface area contributed by atoms with E-state index < -0.39 is 0 Å². The minimum absolute atomic E-state index is 1.01. The molecule has 0 heterocycles. The molecule has 2 nitrogen and oxygen atoms in total. The van der Waals surface area contributed by atoms with Gasteiger partial charge in [-0.1, -0.05) is 30.3 Å². The van der Waals surface area contributed by atoms with Crippen molar-refractivity contribution in [2.24, 2.45) is 5.10 Å². The highest BCUT2D eigenvalue weighted by Gasteiger charge is 1.92. The predicted molar refractivity (Wildman–Crippen MR) is 47.7 cm³/mol. The van der Waals surface area contributed by atoms with Gasteiger partial charge in [-0.3, -0.25) is 0 Å². The summed E-state index contributed by atoms with van der Waals surface area (Å²) < 4.78 is 0. The molecule has 0 aliphatic carbocycles. The highest BCUT2D eigenvalue weighted by atomic mass is 15.3. The van der Waals surface area contributed by atoms with Crippen molar-refractivity contribution in [2.75, 3.05) is 7.05 Å². The van der Waals surface area contributed by atoms with Crippen molar-refractivity contribution in [1.82, 2.24) is 5.43 Å². The fourth-order valence-corrected chi connectivity index (χ4v) is 0.912. The molecule has 2 heteroatoms. The molecular formula is C9H12N2. The van der Waals surface area contributed by atoms with Crippen LogP contribution in [0.1, 0.15) is 12.5 Å². The average Bonchev–Trinajstić information content (AvgIpc) is 2.07. The van der Waals surface area contributed by atoms with E-state index in [2.05, 4.69) is 10.5 Å². The molecule has 0 aliphatic heterocycles. The van der Waals surface area contributed by atoms with Crippen molar-refractivity contribution in [3.05, 3.63) is 35.9 Å².